The van der Waals surface area contributed by atoms with Gasteiger partial charge >= 0.3 is 0 Å². The Labute approximate surface area is 179 Å². The first kappa shape index (κ1) is 20.2. The lowest BCUT2D eigenvalue weighted by Crippen LogP contribution is -2.20. The van der Waals surface area contributed by atoms with Gasteiger partial charge in [0.05, 0.1) is 12.7 Å². The SMILES string of the molecule is COc1cccc(NC(=O)COc2ccccc2-c2nc(-c3cccc(C)c3)no2)c1. The second kappa shape index (κ2) is 9.13. The number of ether oxygens (including phenoxy) is 2. The van der Waals surface area contributed by atoms with E-state index >= 15 is 0 Å². The second-order valence-corrected chi connectivity index (χ2v) is 6.86. The molecule has 0 aliphatic rings. The van der Waals surface area contributed by atoms with E-state index in [2.05, 4.69) is 15.5 Å². The number of hydrogen-bond donors (Lipinski definition) is 1. The first-order valence-electron chi connectivity index (χ1n) is 9.69. The third-order valence-corrected chi connectivity index (χ3v) is 4.53. The van der Waals surface area contributed by atoms with Gasteiger partial charge in [-0.05, 0) is 37.3 Å². The van der Waals surface area contributed by atoms with Crippen molar-refractivity contribution < 1.29 is 18.8 Å². The van der Waals surface area contributed by atoms with E-state index in [1.165, 1.54) is 0 Å². The van der Waals surface area contributed by atoms with Gasteiger partial charge in [0, 0.05) is 17.3 Å². The zero-order chi connectivity index (χ0) is 21.6. The topological polar surface area (TPSA) is 86.5 Å². The Kier molecular flexibility index (Phi) is 5.93. The Morgan fingerprint density at radius 2 is 1.87 bits per heavy atom. The van der Waals surface area contributed by atoms with Crippen molar-refractivity contribution in [3.63, 3.8) is 0 Å². The van der Waals surface area contributed by atoms with Crippen molar-refractivity contribution in [2.75, 3.05) is 19.0 Å². The highest BCUT2D eigenvalue weighted by Crippen LogP contribution is 2.30. The summed E-state index contributed by atoms with van der Waals surface area (Å²) in [6.07, 6.45) is 0. The fraction of sp³-hybridized carbons (Fsp3) is 0.125. The van der Waals surface area contributed by atoms with Crippen LogP contribution in [0.1, 0.15) is 5.56 Å². The Hall–Kier alpha value is -4.13. The summed E-state index contributed by atoms with van der Waals surface area (Å²) < 4.78 is 16.4. The highest BCUT2D eigenvalue weighted by Gasteiger charge is 2.16. The standard InChI is InChI=1S/C24H21N3O4/c1-16-7-5-8-17(13-16)23-26-24(31-27-23)20-11-3-4-12-21(20)30-15-22(28)25-18-9-6-10-19(14-18)29-2/h3-14H,15H2,1-2H3,(H,25,28). The number of rotatable bonds is 7. The minimum absolute atomic E-state index is 0.174. The molecule has 31 heavy (non-hydrogen) atoms. The number of benzene rings is 3. The molecule has 1 amide bonds. The van der Waals surface area contributed by atoms with Crippen LogP contribution in [0, 0.1) is 6.92 Å². The molecule has 1 aromatic heterocycles. The van der Waals surface area contributed by atoms with Gasteiger partial charge in [-0.25, -0.2) is 0 Å². The molecule has 4 rings (SSSR count). The minimum atomic E-state index is -0.297. The van der Waals surface area contributed by atoms with E-state index in [9.17, 15) is 4.79 Å². The molecule has 0 spiro atoms. The van der Waals surface area contributed by atoms with Crippen LogP contribution in [-0.2, 0) is 4.79 Å². The van der Waals surface area contributed by atoms with E-state index in [1.807, 2.05) is 49.4 Å². The van der Waals surface area contributed by atoms with E-state index in [0.29, 0.717) is 34.5 Å². The normalized spacial score (nSPS) is 10.5. The van der Waals surface area contributed by atoms with E-state index in [0.717, 1.165) is 11.1 Å². The molecular formula is C24H21N3O4. The van der Waals surface area contributed by atoms with Gasteiger partial charge < -0.3 is 19.3 Å². The smallest absolute Gasteiger partial charge is 0.262 e. The van der Waals surface area contributed by atoms with E-state index in [4.69, 9.17) is 14.0 Å². The lowest BCUT2D eigenvalue weighted by molar-refractivity contribution is -0.118. The molecule has 7 nitrogen and oxygen atoms in total. The lowest BCUT2D eigenvalue weighted by atomic mass is 10.1. The second-order valence-electron chi connectivity index (χ2n) is 6.86. The van der Waals surface area contributed by atoms with Crippen LogP contribution in [0.15, 0.2) is 77.3 Å². The number of nitrogens with one attached hydrogen (secondary N) is 1. The minimum Gasteiger partial charge on any atom is -0.497 e. The number of methoxy groups -OCH3 is 1. The summed E-state index contributed by atoms with van der Waals surface area (Å²) in [4.78, 5) is 16.8. The molecule has 0 aliphatic carbocycles. The molecule has 0 saturated carbocycles. The molecule has 0 atom stereocenters. The van der Waals surface area contributed by atoms with Gasteiger partial charge in [-0.2, -0.15) is 4.98 Å². The predicted octanol–water partition coefficient (Wildman–Crippen LogP) is 4.74. The molecule has 1 heterocycles. The van der Waals surface area contributed by atoms with Crippen LogP contribution in [-0.4, -0.2) is 29.8 Å². The maximum atomic E-state index is 12.3. The number of carbonyl (C=O) groups excluding carboxylic acids is 1. The van der Waals surface area contributed by atoms with Crippen molar-refractivity contribution in [1.29, 1.82) is 0 Å². The molecule has 156 valence electrons. The van der Waals surface area contributed by atoms with Crippen molar-refractivity contribution >= 4 is 11.6 Å². The Balaban J connectivity index is 1.47. The Morgan fingerprint density at radius 3 is 2.71 bits per heavy atom. The number of anilines is 1. The first-order valence-corrected chi connectivity index (χ1v) is 9.69. The van der Waals surface area contributed by atoms with Crippen molar-refractivity contribution in [3.8, 4) is 34.3 Å². The summed E-state index contributed by atoms with van der Waals surface area (Å²) in [5.41, 5.74) is 3.21. The zero-order valence-corrected chi connectivity index (χ0v) is 17.2. The van der Waals surface area contributed by atoms with Crippen LogP contribution >= 0.6 is 0 Å². The molecule has 0 unspecified atom stereocenters. The number of para-hydroxylation sites is 1. The number of hydrogen-bond acceptors (Lipinski definition) is 6. The van der Waals surface area contributed by atoms with Gasteiger partial charge in [0.1, 0.15) is 11.5 Å². The van der Waals surface area contributed by atoms with Crippen molar-refractivity contribution in [3.05, 3.63) is 78.4 Å². The fourth-order valence-corrected chi connectivity index (χ4v) is 3.04. The predicted molar refractivity (Wildman–Crippen MR) is 117 cm³/mol. The van der Waals surface area contributed by atoms with Crippen LogP contribution in [0.4, 0.5) is 5.69 Å². The molecule has 0 saturated heterocycles. The van der Waals surface area contributed by atoms with Crippen LogP contribution in [0.3, 0.4) is 0 Å². The largest absolute Gasteiger partial charge is 0.497 e. The Morgan fingerprint density at radius 1 is 1.03 bits per heavy atom. The van der Waals surface area contributed by atoms with Gasteiger partial charge in [0.2, 0.25) is 5.82 Å². The molecule has 0 radical (unpaired) electrons. The number of aromatic nitrogens is 2. The first-order chi connectivity index (χ1) is 15.1. The average Bonchev–Trinajstić information content (AvgIpc) is 3.28. The maximum Gasteiger partial charge on any atom is 0.262 e. The molecule has 3 aromatic carbocycles. The third kappa shape index (κ3) is 4.90. The maximum absolute atomic E-state index is 12.3. The molecule has 1 N–H and O–H groups in total. The summed E-state index contributed by atoms with van der Waals surface area (Å²) in [5.74, 6) is 1.64. The summed E-state index contributed by atoms with van der Waals surface area (Å²) >= 11 is 0. The summed E-state index contributed by atoms with van der Waals surface area (Å²) in [5, 5.41) is 6.86. The highest BCUT2D eigenvalue weighted by molar-refractivity contribution is 5.92. The van der Waals surface area contributed by atoms with Crippen LogP contribution in [0.25, 0.3) is 22.8 Å². The molecule has 0 fully saturated rings. The lowest BCUT2D eigenvalue weighted by Gasteiger charge is -2.10. The number of aryl methyl sites for hydroxylation is 1. The monoisotopic (exact) mass is 415 g/mol. The van der Waals surface area contributed by atoms with Gasteiger partial charge in [-0.3, -0.25) is 4.79 Å². The number of nitrogens with zero attached hydrogens (tertiary/aromatic N) is 2. The van der Waals surface area contributed by atoms with Crippen LogP contribution < -0.4 is 14.8 Å². The van der Waals surface area contributed by atoms with E-state index in [-0.39, 0.29) is 12.5 Å². The average molecular weight is 415 g/mol. The van der Waals surface area contributed by atoms with E-state index in [1.54, 1.807) is 37.4 Å². The molecule has 0 bridgehead atoms. The summed E-state index contributed by atoms with van der Waals surface area (Å²) in [6.45, 7) is 1.83. The van der Waals surface area contributed by atoms with Gasteiger partial charge in [0.15, 0.2) is 6.61 Å². The molecule has 0 aliphatic heterocycles. The van der Waals surface area contributed by atoms with Gasteiger partial charge in [-0.15, -0.1) is 0 Å². The van der Waals surface area contributed by atoms with Crippen molar-refractivity contribution in [2.45, 2.75) is 6.92 Å². The fourth-order valence-electron chi connectivity index (χ4n) is 3.04. The molecule has 4 aromatic rings. The van der Waals surface area contributed by atoms with Crippen molar-refractivity contribution in [2.24, 2.45) is 0 Å². The molecule has 7 heteroatoms. The van der Waals surface area contributed by atoms with Crippen LogP contribution in [0.2, 0.25) is 0 Å². The molecular weight excluding hydrogens is 394 g/mol. The van der Waals surface area contributed by atoms with Crippen LogP contribution in [0.5, 0.6) is 11.5 Å². The number of amides is 1. The summed E-state index contributed by atoms with van der Waals surface area (Å²) in [6, 6.07) is 22.2. The number of carbonyl (C=O) groups is 1. The third-order valence-electron chi connectivity index (χ3n) is 4.53. The van der Waals surface area contributed by atoms with Gasteiger partial charge in [-0.1, -0.05) is 47.1 Å². The Bertz CT molecular complexity index is 1200. The van der Waals surface area contributed by atoms with E-state index < -0.39 is 0 Å². The summed E-state index contributed by atoms with van der Waals surface area (Å²) in [7, 11) is 1.57. The quantitative estimate of drug-likeness (QED) is 0.469. The zero-order valence-electron chi connectivity index (χ0n) is 17.2. The van der Waals surface area contributed by atoms with Gasteiger partial charge in [0.25, 0.3) is 11.8 Å². The van der Waals surface area contributed by atoms with Crippen molar-refractivity contribution in [1.82, 2.24) is 10.1 Å². The highest BCUT2D eigenvalue weighted by atomic mass is 16.5.